The first-order chi connectivity index (χ1) is 14.0. The van der Waals surface area contributed by atoms with Gasteiger partial charge in [0.1, 0.15) is 6.10 Å². The van der Waals surface area contributed by atoms with Gasteiger partial charge in [0.05, 0.1) is 19.1 Å². The summed E-state index contributed by atoms with van der Waals surface area (Å²) >= 11 is 7.03. The number of carbonyl (C=O) groups excluding carboxylic acids is 1. The molecule has 2 aromatic carbocycles. The number of hydrogen-bond acceptors (Lipinski definition) is 4. The summed E-state index contributed by atoms with van der Waals surface area (Å²) in [6.07, 6.45) is 2.55. The SMILES string of the molecule is COC(=O)[C@H]1[C@@H](OC(c2ccc(Br)cc2)c2ccc(Br)cc2)C[C@H]2CC[C@@H]1N2C. The number of halogens is 2. The van der Waals surface area contributed by atoms with E-state index < -0.39 is 0 Å². The van der Waals surface area contributed by atoms with E-state index in [1.54, 1.807) is 0 Å². The van der Waals surface area contributed by atoms with Crippen molar-refractivity contribution in [3.05, 3.63) is 68.6 Å². The minimum atomic E-state index is -0.267. The van der Waals surface area contributed by atoms with Crippen LogP contribution in [0.1, 0.15) is 36.5 Å². The molecule has 29 heavy (non-hydrogen) atoms. The number of piperidine rings is 1. The molecule has 4 rings (SSSR count). The molecule has 2 aliphatic heterocycles. The van der Waals surface area contributed by atoms with Crippen molar-refractivity contribution in [2.75, 3.05) is 14.2 Å². The minimum absolute atomic E-state index is 0.169. The molecular formula is C23H25Br2NO3. The Morgan fingerprint density at radius 2 is 1.55 bits per heavy atom. The fourth-order valence-electron chi connectivity index (χ4n) is 4.81. The van der Waals surface area contributed by atoms with Crippen LogP contribution in [0.3, 0.4) is 0 Å². The third-order valence-electron chi connectivity index (χ3n) is 6.34. The average molecular weight is 523 g/mol. The molecule has 4 atom stereocenters. The molecule has 0 amide bonds. The first kappa shape index (κ1) is 21.0. The smallest absolute Gasteiger partial charge is 0.312 e. The molecule has 6 heteroatoms. The summed E-state index contributed by atoms with van der Waals surface area (Å²) in [5, 5.41) is 0. The second-order valence-corrected chi connectivity index (χ2v) is 9.74. The van der Waals surface area contributed by atoms with Gasteiger partial charge in [0, 0.05) is 21.0 Å². The van der Waals surface area contributed by atoms with E-state index >= 15 is 0 Å². The average Bonchev–Trinajstić information content (AvgIpc) is 2.96. The Morgan fingerprint density at radius 1 is 1.00 bits per heavy atom. The van der Waals surface area contributed by atoms with Crippen LogP contribution in [0.5, 0.6) is 0 Å². The minimum Gasteiger partial charge on any atom is -0.469 e. The molecule has 0 spiro atoms. The third kappa shape index (κ3) is 4.31. The van der Waals surface area contributed by atoms with Crippen LogP contribution in [0.15, 0.2) is 57.5 Å². The monoisotopic (exact) mass is 521 g/mol. The number of benzene rings is 2. The lowest BCUT2D eigenvalue weighted by Crippen LogP contribution is -2.53. The summed E-state index contributed by atoms with van der Waals surface area (Å²) in [6.45, 7) is 0. The molecule has 4 nitrogen and oxygen atoms in total. The predicted molar refractivity (Wildman–Crippen MR) is 120 cm³/mol. The summed E-state index contributed by atoms with van der Waals surface area (Å²) in [5.74, 6) is -0.435. The van der Waals surface area contributed by atoms with E-state index in [0.717, 1.165) is 39.3 Å². The Hall–Kier alpha value is -1.21. The highest BCUT2D eigenvalue weighted by molar-refractivity contribution is 9.10. The summed E-state index contributed by atoms with van der Waals surface area (Å²) in [4.78, 5) is 15.1. The lowest BCUT2D eigenvalue weighted by molar-refractivity contribution is -0.162. The van der Waals surface area contributed by atoms with Crippen molar-refractivity contribution in [2.24, 2.45) is 5.92 Å². The van der Waals surface area contributed by atoms with Crippen molar-refractivity contribution in [3.63, 3.8) is 0 Å². The Kier molecular flexibility index (Phi) is 6.44. The van der Waals surface area contributed by atoms with E-state index in [2.05, 4.69) is 68.1 Å². The van der Waals surface area contributed by atoms with Crippen LogP contribution in [0.2, 0.25) is 0 Å². The van der Waals surface area contributed by atoms with Gasteiger partial charge >= 0.3 is 5.97 Å². The summed E-state index contributed by atoms with van der Waals surface area (Å²) in [6, 6.07) is 17.1. The van der Waals surface area contributed by atoms with Crippen molar-refractivity contribution in [2.45, 2.75) is 43.6 Å². The maximum absolute atomic E-state index is 12.7. The van der Waals surface area contributed by atoms with Crippen LogP contribution in [0.25, 0.3) is 0 Å². The fourth-order valence-corrected chi connectivity index (χ4v) is 5.33. The number of fused-ring (bicyclic) bond motifs is 2. The second kappa shape index (κ2) is 8.88. The molecule has 0 saturated carbocycles. The number of esters is 1. The molecule has 2 saturated heterocycles. The van der Waals surface area contributed by atoms with E-state index in [0.29, 0.717) is 6.04 Å². The number of rotatable bonds is 5. The lowest BCUT2D eigenvalue weighted by Gasteiger charge is -2.42. The molecule has 2 aliphatic rings. The van der Waals surface area contributed by atoms with Gasteiger partial charge in [-0.25, -0.2) is 0 Å². The second-order valence-electron chi connectivity index (χ2n) is 7.91. The standard InChI is InChI=1S/C23H25Br2NO3/c1-26-18-11-12-19(26)21(23(27)28-2)20(13-18)29-22(14-3-7-16(24)8-4-14)15-5-9-17(25)10-6-15/h3-10,18-22H,11-13H2,1-2H3/t18-,19+,20+,21-/m1/s1. The highest BCUT2D eigenvalue weighted by atomic mass is 79.9. The van der Waals surface area contributed by atoms with Crippen molar-refractivity contribution < 1.29 is 14.3 Å². The Balaban J connectivity index is 1.68. The number of hydrogen-bond donors (Lipinski definition) is 0. The van der Waals surface area contributed by atoms with Crippen molar-refractivity contribution in [3.8, 4) is 0 Å². The van der Waals surface area contributed by atoms with E-state index in [1.807, 2.05) is 24.3 Å². The van der Waals surface area contributed by atoms with Crippen LogP contribution >= 0.6 is 31.9 Å². The molecular weight excluding hydrogens is 498 g/mol. The van der Waals surface area contributed by atoms with Crippen LogP contribution in [0.4, 0.5) is 0 Å². The molecule has 2 fully saturated rings. The molecule has 0 unspecified atom stereocenters. The van der Waals surface area contributed by atoms with Crippen LogP contribution in [-0.4, -0.2) is 43.2 Å². The largest absolute Gasteiger partial charge is 0.469 e. The Bertz CT molecular complexity index is 810. The van der Waals surface area contributed by atoms with Gasteiger partial charge in [-0.3, -0.25) is 9.69 Å². The van der Waals surface area contributed by atoms with E-state index in [1.165, 1.54) is 7.11 Å². The van der Waals surface area contributed by atoms with Crippen molar-refractivity contribution in [1.82, 2.24) is 4.90 Å². The number of ether oxygens (including phenoxy) is 2. The number of carbonyl (C=O) groups is 1. The zero-order chi connectivity index (χ0) is 20.5. The Morgan fingerprint density at radius 3 is 2.07 bits per heavy atom. The van der Waals surface area contributed by atoms with E-state index in [9.17, 15) is 4.79 Å². The van der Waals surface area contributed by atoms with Gasteiger partial charge in [-0.2, -0.15) is 0 Å². The zero-order valence-electron chi connectivity index (χ0n) is 16.6. The summed E-state index contributed by atoms with van der Waals surface area (Å²) in [7, 11) is 3.59. The molecule has 0 radical (unpaired) electrons. The van der Waals surface area contributed by atoms with Gasteiger partial charge in [0.25, 0.3) is 0 Å². The molecule has 2 heterocycles. The van der Waals surface area contributed by atoms with Crippen LogP contribution < -0.4 is 0 Å². The third-order valence-corrected chi connectivity index (χ3v) is 7.40. The summed E-state index contributed by atoms with van der Waals surface area (Å²) in [5.41, 5.74) is 2.15. The fraction of sp³-hybridized carbons (Fsp3) is 0.435. The van der Waals surface area contributed by atoms with Crippen LogP contribution in [-0.2, 0) is 14.3 Å². The number of nitrogens with zero attached hydrogens (tertiary/aromatic N) is 1. The molecule has 2 bridgehead atoms. The van der Waals surface area contributed by atoms with Crippen LogP contribution in [0, 0.1) is 5.92 Å². The normalized spacial score (nSPS) is 26.7. The van der Waals surface area contributed by atoms with Crippen molar-refractivity contribution >= 4 is 37.8 Å². The quantitative estimate of drug-likeness (QED) is 0.497. The predicted octanol–water partition coefficient (Wildman–Crippen LogP) is 5.34. The summed E-state index contributed by atoms with van der Waals surface area (Å²) < 4.78 is 14.0. The molecule has 0 aliphatic carbocycles. The first-order valence-corrected chi connectivity index (χ1v) is 11.5. The van der Waals surface area contributed by atoms with Gasteiger partial charge < -0.3 is 9.47 Å². The van der Waals surface area contributed by atoms with Crippen molar-refractivity contribution in [1.29, 1.82) is 0 Å². The van der Waals surface area contributed by atoms with Gasteiger partial charge in [0.15, 0.2) is 0 Å². The topological polar surface area (TPSA) is 38.8 Å². The van der Waals surface area contributed by atoms with E-state index in [-0.39, 0.29) is 30.1 Å². The zero-order valence-corrected chi connectivity index (χ0v) is 19.7. The Labute approximate surface area is 188 Å². The van der Waals surface area contributed by atoms with Gasteiger partial charge in [0.2, 0.25) is 0 Å². The highest BCUT2D eigenvalue weighted by Crippen LogP contribution is 2.42. The van der Waals surface area contributed by atoms with Gasteiger partial charge in [-0.05, 0) is 61.7 Å². The highest BCUT2D eigenvalue weighted by Gasteiger charge is 2.50. The molecule has 0 N–H and O–H groups in total. The van der Waals surface area contributed by atoms with E-state index in [4.69, 9.17) is 9.47 Å². The lowest BCUT2D eigenvalue weighted by atomic mass is 9.87. The number of methoxy groups -OCH3 is 1. The first-order valence-electron chi connectivity index (χ1n) is 9.94. The molecule has 0 aromatic heterocycles. The molecule has 2 aromatic rings. The van der Waals surface area contributed by atoms with Gasteiger partial charge in [-0.1, -0.05) is 56.1 Å². The molecule has 154 valence electrons. The maximum atomic E-state index is 12.7. The van der Waals surface area contributed by atoms with Gasteiger partial charge in [-0.15, -0.1) is 0 Å². The maximum Gasteiger partial charge on any atom is 0.312 e.